The normalized spacial score (nSPS) is 11.8. The second-order valence-corrected chi connectivity index (χ2v) is 5.71. The van der Waals surface area contributed by atoms with Crippen LogP contribution in [0.5, 0.6) is 0 Å². The predicted molar refractivity (Wildman–Crippen MR) is 95.2 cm³/mol. The highest BCUT2D eigenvalue weighted by Gasteiger charge is 2.11. The van der Waals surface area contributed by atoms with Gasteiger partial charge in [0, 0.05) is 18.8 Å². The van der Waals surface area contributed by atoms with Crippen molar-refractivity contribution in [3.8, 4) is 0 Å². The first kappa shape index (κ1) is 16.6. The number of aromatic nitrogens is 4. The van der Waals surface area contributed by atoms with Crippen LogP contribution in [0.1, 0.15) is 34.6 Å². The summed E-state index contributed by atoms with van der Waals surface area (Å²) in [6.07, 6.45) is 3.85. The number of amides is 1. The molecule has 2 N–H and O–H groups in total. The fraction of sp³-hybridized carbons (Fsp3) is 0.222. The molecule has 25 heavy (non-hydrogen) atoms. The summed E-state index contributed by atoms with van der Waals surface area (Å²) in [6.45, 7) is 2.76. The van der Waals surface area contributed by atoms with Crippen molar-refractivity contribution in [1.82, 2.24) is 25.3 Å². The minimum Gasteiger partial charge on any atom is -0.362 e. The van der Waals surface area contributed by atoms with Gasteiger partial charge in [-0.3, -0.25) is 9.48 Å². The second kappa shape index (κ2) is 7.57. The van der Waals surface area contributed by atoms with Crippen LogP contribution in [0.15, 0.2) is 54.9 Å². The van der Waals surface area contributed by atoms with Crippen LogP contribution < -0.4 is 10.6 Å². The van der Waals surface area contributed by atoms with Crippen molar-refractivity contribution in [3.63, 3.8) is 0 Å². The highest BCUT2D eigenvalue weighted by atomic mass is 16.1. The Morgan fingerprint density at radius 2 is 1.96 bits per heavy atom. The summed E-state index contributed by atoms with van der Waals surface area (Å²) >= 11 is 0. The van der Waals surface area contributed by atoms with Gasteiger partial charge in [0.05, 0.1) is 18.8 Å². The molecule has 128 valence electrons. The number of hydrogen-bond donors (Lipinski definition) is 2. The molecule has 0 aliphatic heterocycles. The van der Waals surface area contributed by atoms with Crippen LogP contribution in [0.3, 0.4) is 0 Å². The first-order valence-electron chi connectivity index (χ1n) is 8.04. The van der Waals surface area contributed by atoms with Gasteiger partial charge in [-0.2, -0.15) is 5.10 Å². The Morgan fingerprint density at radius 3 is 2.64 bits per heavy atom. The van der Waals surface area contributed by atoms with E-state index in [-0.39, 0.29) is 17.6 Å². The van der Waals surface area contributed by atoms with Crippen molar-refractivity contribution in [1.29, 1.82) is 0 Å². The molecule has 1 atom stereocenters. The SMILES string of the molecule is CNC(=O)c1ccc(NC(C)c2cnn(Cc3ccccc3)c2)nn1. The van der Waals surface area contributed by atoms with E-state index in [1.807, 2.05) is 42.2 Å². The highest BCUT2D eigenvalue weighted by molar-refractivity contribution is 5.91. The number of anilines is 1. The van der Waals surface area contributed by atoms with E-state index in [2.05, 4.69) is 38.1 Å². The molecule has 3 rings (SSSR count). The van der Waals surface area contributed by atoms with E-state index in [9.17, 15) is 4.79 Å². The van der Waals surface area contributed by atoms with E-state index in [0.29, 0.717) is 5.82 Å². The van der Waals surface area contributed by atoms with Gasteiger partial charge in [0.25, 0.3) is 5.91 Å². The van der Waals surface area contributed by atoms with E-state index in [1.165, 1.54) is 5.56 Å². The van der Waals surface area contributed by atoms with Gasteiger partial charge in [-0.15, -0.1) is 10.2 Å². The third-order valence-electron chi connectivity index (χ3n) is 3.83. The van der Waals surface area contributed by atoms with Gasteiger partial charge in [0.2, 0.25) is 0 Å². The Bertz CT molecular complexity index is 828. The van der Waals surface area contributed by atoms with Crippen LogP contribution in [-0.2, 0) is 6.54 Å². The molecule has 0 bridgehead atoms. The van der Waals surface area contributed by atoms with Crippen molar-refractivity contribution >= 4 is 11.7 Å². The van der Waals surface area contributed by atoms with Crippen molar-refractivity contribution in [2.75, 3.05) is 12.4 Å². The summed E-state index contributed by atoms with van der Waals surface area (Å²) in [5.74, 6) is 0.352. The largest absolute Gasteiger partial charge is 0.362 e. The lowest BCUT2D eigenvalue weighted by Gasteiger charge is -2.12. The standard InChI is InChI=1S/C18H20N6O/c1-13(21-17-9-8-16(22-23-17)18(25)19-2)15-10-20-24(12-15)11-14-6-4-3-5-7-14/h3-10,12-13H,11H2,1-2H3,(H,19,25)(H,21,23). The van der Waals surface area contributed by atoms with E-state index < -0.39 is 0 Å². The van der Waals surface area contributed by atoms with Crippen molar-refractivity contribution in [2.24, 2.45) is 0 Å². The Balaban J connectivity index is 1.63. The molecule has 0 saturated heterocycles. The van der Waals surface area contributed by atoms with Gasteiger partial charge in [0.1, 0.15) is 5.82 Å². The zero-order valence-corrected chi connectivity index (χ0v) is 14.2. The van der Waals surface area contributed by atoms with Gasteiger partial charge in [0.15, 0.2) is 5.69 Å². The van der Waals surface area contributed by atoms with Crippen molar-refractivity contribution in [2.45, 2.75) is 19.5 Å². The number of carbonyl (C=O) groups excluding carboxylic acids is 1. The molecule has 1 unspecified atom stereocenters. The number of hydrogen-bond acceptors (Lipinski definition) is 5. The van der Waals surface area contributed by atoms with Crippen LogP contribution in [0, 0.1) is 0 Å². The molecule has 1 amide bonds. The smallest absolute Gasteiger partial charge is 0.271 e. The Labute approximate surface area is 146 Å². The zero-order chi connectivity index (χ0) is 17.6. The van der Waals surface area contributed by atoms with Gasteiger partial charge in [-0.1, -0.05) is 30.3 Å². The molecular formula is C18H20N6O. The average molecular weight is 336 g/mol. The van der Waals surface area contributed by atoms with Crippen LogP contribution in [-0.4, -0.2) is 32.9 Å². The number of rotatable bonds is 6. The summed E-state index contributed by atoms with van der Waals surface area (Å²) in [5.41, 5.74) is 2.54. The molecule has 0 aliphatic rings. The van der Waals surface area contributed by atoms with Crippen LogP contribution in [0.25, 0.3) is 0 Å². The molecule has 0 saturated carbocycles. The molecule has 0 spiro atoms. The summed E-state index contributed by atoms with van der Waals surface area (Å²) in [4.78, 5) is 11.5. The maximum absolute atomic E-state index is 11.5. The lowest BCUT2D eigenvalue weighted by molar-refractivity contribution is 0.0957. The average Bonchev–Trinajstić information content (AvgIpc) is 3.11. The number of benzene rings is 1. The third-order valence-corrected chi connectivity index (χ3v) is 3.83. The van der Waals surface area contributed by atoms with Gasteiger partial charge in [-0.05, 0) is 24.6 Å². The van der Waals surface area contributed by atoms with Crippen LogP contribution in [0.2, 0.25) is 0 Å². The zero-order valence-electron chi connectivity index (χ0n) is 14.2. The lowest BCUT2D eigenvalue weighted by Crippen LogP contribution is -2.20. The fourth-order valence-corrected chi connectivity index (χ4v) is 2.42. The fourth-order valence-electron chi connectivity index (χ4n) is 2.42. The summed E-state index contributed by atoms with van der Waals surface area (Å²) < 4.78 is 1.91. The molecule has 7 heteroatoms. The van der Waals surface area contributed by atoms with Crippen molar-refractivity contribution in [3.05, 3.63) is 71.7 Å². The first-order valence-corrected chi connectivity index (χ1v) is 8.04. The number of carbonyl (C=O) groups is 1. The van der Waals surface area contributed by atoms with Crippen molar-refractivity contribution < 1.29 is 4.79 Å². The topological polar surface area (TPSA) is 84.7 Å². The Morgan fingerprint density at radius 1 is 1.16 bits per heavy atom. The monoisotopic (exact) mass is 336 g/mol. The predicted octanol–water partition coefficient (Wildman–Crippen LogP) is 2.25. The molecule has 0 fully saturated rings. The Hall–Kier alpha value is -3.22. The number of nitrogens with zero attached hydrogens (tertiary/aromatic N) is 4. The molecule has 7 nitrogen and oxygen atoms in total. The minimum absolute atomic E-state index is 0.0182. The van der Waals surface area contributed by atoms with Gasteiger partial charge in [-0.25, -0.2) is 0 Å². The molecular weight excluding hydrogens is 316 g/mol. The van der Waals surface area contributed by atoms with E-state index in [1.54, 1.807) is 19.2 Å². The minimum atomic E-state index is -0.255. The summed E-state index contributed by atoms with van der Waals surface area (Å²) in [6, 6.07) is 13.6. The van der Waals surface area contributed by atoms with E-state index in [0.717, 1.165) is 12.1 Å². The van der Waals surface area contributed by atoms with Crippen LogP contribution >= 0.6 is 0 Å². The maximum Gasteiger partial charge on any atom is 0.271 e. The first-order chi connectivity index (χ1) is 12.2. The molecule has 0 aliphatic carbocycles. The molecule has 2 aromatic heterocycles. The van der Waals surface area contributed by atoms with E-state index >= 15 is 0 Å². The van der Waals surface area contributed by atoms with E-state index in [4.69, 9.17) is 0 Å². The van der Waals surface area contributed by atoms with Gasteiger partial charge >= 0.3 is 0 Å². The molecule has 0 radical (unpaired) electrons. The Kier molecular flexibility index (Phi) is 5.03. The van der Waals surface area contributed by atoms with Gasteiger partial charge < -0.3 is 10.6 Å². The highest BCUT2D eigenvalue weighted by Crippen LogP contribution is 2.17. The van der Waals surface area contributed by atoms with Crippen LogP contribution in [0.4, 0.5) is 5.82 Å². The lowest BCUT2D eigenvalue weighted by atomic mass is 10.2. The third kappa shape index (κ3) is 4.20. The summed E-state index contributed by atoms with van der Waals surface area (Å²) in [7, 11) is 1.56. The molecule has 2 heterocycles. The molecule has 3 aromatic rings. The second-order valence-electron chi connectivity index (χ2n) is 5.71. The number of nitrogens with one attached hydrogen (secondary N) is 2. The molecule has 1 aromatic carbocycles. The summed E-state index contributed by atoms with van der Waals surface area (Å²) in [5, 5.41) is 18.1. The quantitative estimate of drug-likeness (QED) is 0.721. The maximum atomic E-state index is 11.5.